The molecule has 156 valence electrons. The minimum atomic E-state index is -0.942. The number of carbonyl (C=O) groups is 2. The lowest BCUT2D eigenvalue weighted by atomic mass is 10.1. The fraction of sp³-hybridized carbons (Fsp3) is 0.190. The molecule has 0 aliphatic carbocycles. The normalized spacial score (nSPS) is 14.9. The predicted molar refractivity (Wildman–Crippen MR) is 119 cm³/mol. The van der Waals surface area contributed by atoms with E-state index < -0.39 is 5.97 Å². The Bertz CT molecular complexity index is 1020. The van der Waals surface area contributed by atoms with E-state index in [-0.39, 0.29) is 18.9 Å². The van der Waals surface area contributed by atoms with E-state index in [1.165, 1.54) is 23.8 Å². The van der Waals surface area contributed by atoms with Crippen LogP contribution in [-0.2, 0) is 9.59 Å². The molecule has 2 aromatic carbocycles. The highest BCUT2D eigenvalue weighted by Crippen LogP contribution is 2.40. The minimum Gasteiger partial charge on any atom is -0.495 e. The number of benzene rings is 2. The number of rotatable bonds is 8. The number of amides is 1. The zero-order valence-corrected chi connectivity index (χ0v) is 17.9. The number of carbonyl (C=O) groups excluding carboxylic acids is 1. The molecule has 0 aromatic heterocycles. The third-order valence-electron chi connectivity index (χ3n) is 4.18. The Morgan fingerprint density at radius 3 is 2.57 bits per heavy atom. The summed E-state index contributed by atoms with van der Waals surface area (Å²) in [6.07, 6.45) is 1.61. The van der Waals surface area contributed by atoms with Gasteiger partial charge in [-0.3, -0.25) is 14.5 Å². The number of methoxy groups -OCH3 is 2. The first-order valence-electron chi connectivity index (χ1n) is 8.88. The zero-order chi connectivity index (χ0) is 21.7. The highest BCUT2D eigenvalue weighted by Gasteiger charge is 2.34. The molecular formula is C21H19NO6S2. The summed E-state index contributed by atoms with van der Waals surface area (Å²) in [6.45, 7) is 0.0304. The van der Waals surface area contributed by atoms with Crippen LogP contribution in [0.1, 0.15) is 12.0 Å². The van der Waals surface area contributed by atoms with Gasteiger partial charge in [0.05, 0.1) is 37.8 Å². The predicted octanol–water partition coefficient (Wildman–Crippen LogP) is 3.96. The number of para-hydroxylation sites is 2. The monoisotopic (exact) mass is 445 g/mol. The highest BCUT2D eigenvalue weighted by molar-refractivity contribution is 8.27. The summed E-state index contributed by atoms with van der Waals surface area (Å²) >= 11 is 6.62. The Kier molecular flexibility index (Phi) is 6.96. The van der Waals surface area contributed by atoms with Gasteiger partial charge in [-0.1, -0.05) is 42.2 Å². The van der Waals surface area contributed by atoms with Crippen LogP contribution in [0.4, 0.5) is 5.69 Å². The lowest BCUT2D eigenvalue weighted by Gasteiger charge is -2.17. The molecule has 2 aromatic rings. The van der Waals surface area contributed by atoms with E-state index in [4.69, 9.17) is 31.5 Å². The Morgan fingerprint density at radius 2 is 1.87 bits per heavy atom. The molecule has 1 aliphatic heterocycles. The number of nitrogens with zero attached hydrogens (tertiary/aromatic N) is 1. The van der Waals surface area contributed by atoms with Gasteiger partial charge in [0, 0.05) is 0 Å². The Hall–Kier alpha value is -3.04. The number of hydrogen-bond acceptors (Lipinski definition) is 7. The van der Waals surface area contributed by atoms with Crippen molar-refractivity contribution in [3.63, 3.8) is 0 Å². The molecule has 0 atom stereocenters. The molecule has 0 radical (unpaired) electrons. The van der Waals surface area contributed by atoms with Crippen molar-refractivity contribution < 1.29 is 28.9 Å². The number of anilines is 1. The molecule has 0 unspecified atom stereocenters. The lowest BCUT2D eigenvalue weighted by molar-refractivity contribution is -0.137. The Balaban J connectivity index is 1.84. The molecule has 9 heteroatoms. The van der Waals surface area contributed by atoms with Crippen molar-refractivity contribution in [3.8, 4) is 17.2 Å². The first-order valence-corrected chi connectivity index (χ1v) is 10.1. The topological polar surface area (TPSA) is 85.3 Å². The Morgan fingerprint density at radius 1 is 1.13 bits per heavy atom. The maximum atomic E-state index is 13.0. The second kappa shape index (κ2) is 9.64. The summed E-state index contributed by atoms with van der Waals surface area (Å²) in [4.78, 5) is 25.6. The van der Waals surface area contributed by atoms with Gasteiger partial charge >= 0.3 is 5.97 Å². The molecule has 1 N–H and O–H groups in total. The SMILES string of the molecule is COc1cc(/C=C2/SC(=S)N(c3ccccc3OC)C2=O)ccc1OCCC(=O)O. The van der Waals surface area contributed by atoms with Crippen LogP contribution in [0.15, 0.2) is 47.4 Å². The summed E-state index contributed by atoms with van der Waals surface area (Å²) in [5, 5.41) is 8.73. The second-order valence-corrected chi connectivity index (χ2v) is 7.77. The van der Waals surface area contributed by atoms with Gasteiger partial charge in [0.25, 0.3) is 5.91 Å². The first-order chi connectivity index (χ1) is 14.4. The quantitative estimate of drug-likeness (QED) is 0.483. The van der Waals surface area contributed by atoms with E-state index >= 15 is 0 Å². The summed E-state index contributed by atoms with van der Waals surface area (Å²) in [5.41, 5.74) is 1.31. The number of carboxylic acid groups (broad SMARTS) is 1. The summed E-state index contributed by atoms with van der Waals surface area (Å²) in [5.74, 6) is 0.240. The molecule has 7 nitrogen and oxygen atoms in total. The largest absolute Gasteiger partial charge is 0.495 e. The van der Waals surface area contributed by atoms with Crippen LogP contribution >= 0.6 is 24.0 Å². The van der Waals surface area contributed by atoms with Crippen molar-refractivity contribution in [3.05, 3.63) is 52.9 Å². The highest BCUT2D eigenvalue weighted by atomic mass is 32.2. The minimum absolute atomic E-state index is 0.0304. The van der Waals surface area contributed by atoms with Crippen molar-refractivity contribution in [2.24, 2.45) is 0 Å². The standard InChI is InChI=1S/C21H19NO6S2/c1-26-15-6-4-3-5-14(15)22-20(25)18(30-21(22)29)12-13-7-8-16(17(11-13)27-2)28-10-9-19(23)24/h3-8,11-12H,9-10H2,1-2H3,(H,23,24)/b18-12+. The van der Waals surface area contributed by atoms with E-state index in [2.05, 4.69) is 0 Å². The molecule has 30 heavy (non-hydrogen) atoms. The molecular weight excluding hydrogens is 426 g/mol. The maximum Gasteiger partial charge on any atom is 0.306 e. The first kappa shape index (κ1) is 21.7. The van der Waals surface area contributed by atoms with Crippen LogP contribution in [0.25, 0.3) is 6.08 Å². The van der Waals surface area contributed by atoms with Crippen molar-refractivity contribution in [2.45, 2.75) is 6.42 Å². The average molecular weight is 446 g/mol. The zero-order valence-electron chi connectivity index (χ0n) is 16.3. The molecule has 0 spiro atoms. The van der Waals surface area contributed by atoms with E-state index in [1.54, 1.807) is 43.5 Å². The van der Waals surface area contributed by atoms with E-state index in [0.29, 0.717) is 32.2 Å². The molecule has 0 saturated carbocycles. The second-order valence-electron chi connectivity index (χ2n) is 6.09. The number of carboxylic acids is 1. The number of thiocarbonyl (C=S) groups is 1. The van der Waals surface area contributed by atoms with Gasteiger partial charge in [0.15, 0.2) is 15.8 Å². The third kappa shape index (κ3) is 4.74. The van der Waals surface area contributed by atoms with E-state index in [1.807, 2.05) is 12.1 Å². The fourth-order valence-corrected chi connectivity index (χ4v) is 4.07. The Labute approximate surface area is 183 Å². The van der Waals surface area contributed by atoms with Gasteiger partial charge in [0.2, 0.25) is 0 Å². The smallest absolute Gasteiger partial charge is 0.306 e. The van der Waals surface area contributed by atoms with Crippen molar-refractivity contribution >= 4 is 51.9 Å². The van der Waals surface area contributed by atoms with Gasteiger partial charge in [-0.2, -0.15) is 0 Å². The van der Waals surface area contributed by atoms with Crippen molar-refractivity contribution in [2.75, 3.05) is 25.7 Å². The van der Waals surface area contributed by atoms with Crippen LogP contribution in [0.3, 0.4) is 0 Å². The van der Waals surface area contributed by atoms with Gasteiger partial charge in [-0.05, 0) is 35.9 Å². The number of hydrogen-bond donors (Lipinski definition) is 1. The number of ether oxygens (including phenoxy) is 3. The average Bonchev–Trinajstić information content (AvgIpc) is 3.01. The lowest BCUT2D eigenvalue weighted by Crippen LogP contribution is -2.27. The maximum absolute atomic E-state index is 13.0. The number of thioether (sulfide) groups is 1. The molecule has 1 aliphatic rings. The van der Waals surface area contributed by atoms with Crippen LogP contribution in [0, 0.1) is 0 Å². The van der Waals surface area contributed by atoms with E-state index in [0.717, 1.165) is 5.56 Å². The fourth-order valence-electron chi connectivity index (χ4n) is 2.78. The van der Waals surface area contributed by atoms with Crippen LogP contribution in [0.5, 0.6) is 17.2 Å². The molecule has 1 amide bonds. The van der Waals surface area contributed by atoms with E-state index in [9.17, 15) is 9.59 Å². The molecule has 1 fully saturated rings. The molecule has 0 bridgehead atoms. The third-order valence-corrected chi connectivity index (χ3v) is 5.48. The van der Waals surface area contributed by atoms with Crippen LogP contribution < -0.4 is 19.1 Å². The van der Waals surface area contributed by atoms with Gasteiger partial charge in [-0.25, -0.2) is 0 Å². The van der Waals surface area contributed by atoms with Gasteiger partial charge in [0.1, 0.15) is 5.75 Å². The summed E-state index contributed by atoms with van der Waals surface area (Å²) < 4.78 is 16.6. The van der Waals surface area contributed by atoms with Crippen molar-refractivity contribution in [1.82, 2.24) is 0 Å². The van der Waals surface area contributed by atoms with Gasteiger partial charge in [-0.15, -0.1) is 0 Å². The van der Waals surface area contributed by atoms with Crippen molar-refractivity contribution in [1.29, 1.82) is 0 Å². The van der Waals surface area contributed by atoms with Crippen LogP contribution in [0.2, 0.25) is 0 Å². The summed E-state index contributed by atoms with van der Waals surface area (Å²) in [6, 6.07) is 12.3. The molecule has 3 rings (SSSR count). The summed E-state index contributed by atoms with van der Waals surface area (Å²) in [7, 11) is 3.03. The molecule has 1 heterocycles. The number of aliphatic carboxylic acids is 1. The van der Waals surface area contributed by atoms with Crippen LogP contribution in [-0.4, -0.2) is 42.1 Å². The van der Waals surface area contributed by atoms with Gasteiger partial charge < -0.3 is 19.3 Å². The molecule has 1 saturated heterocycles.